The SMILES string of the molecule is CCc1ccc(C(=O)c2cccc3nccnc23)cc1. The first-order chi connectivity index (χ1) is 9.79. The highest BCUT2D eigenvalue weighted by molar-refractivity contribution is 6.15. The van der Waals surface area contributed by atoms with Crippen molar-refractivity contribution in [3.05, 3.63) is 71.5 Å². The van der Waals surface area contributed by atoms with Gasteiger partial charge in [0.25, 0.3) is 0 Å². The third-order valence-electron chi connectivity index (χ3n) is 3.37. The molecule has 0 saturated carbocycles. The number of aromatic nitrogens is 2. The van der Waals surface area contributed by atoms with Crippen LogP contribution in [0.4, 0.5) is 0 Å². The predicted molar refractivity (Wildman–Crippen MR) is 78.8 cm³/mol. The van der Waals surface area contributed by atoms with Crippen molar-refractivity contribution in [1.82, 2.24) is 9.97 Å². The van der Waals surface area contributed by atoms with E-state index in [-0.39, 0.29) is 5.78 Å². The van der Waals surface area contributed by atoms with E-state index in [2.05, 4.69) is 16.9 Å². The summed E-state index contributed by atoms with van der Waals surface area (Å²) in [6, 6.07) is 13.2. The fourth-order valence-electron chi connectivity index (χ4n) is 2.22. The maximum atomic E-state index is 12.6. The van der Waals surface area contributed by atoms with Gasteiger partial charge >= 0.3 is 0 Å². The Morgan fingerprint density at radius 1 is 1.00 bits per heavy atom. The first kappa shape index (κ1) is 12.5. The smallest absolute Gasteiger partial charge is 0.195 e. The minimum atomic E-state index is -0.0150. The van der Waals surface area contributed by atoms with Crippen LogP contribution in [-0.4, -0.2) is 15.8 Å². The fraction of sp³-hybridized carbons (Fsp3) is 0.118. The number of para-hydroxylation sites is 1. The maximum absolute atomic E-state index is 12.6. The van der Waals surface area contributed by atoms with Crippen LogP contribution in [0.1, 0.15) is 28.4 Å². The first-order valence-electron chi connectivity index (χ1n) is 6.63. The molecule has 3 aromatic rings. The molecule has 0 unspecified atom stereocenters. The summed E-state index contributed by atoms with van der Waals surface area (Å²) in [5.41, 5.74) is 3.89. The van der Waals surface area contributed by atoms with Crippen LogP contribution in [-0.2, 0) is 6.42 Å². The molecule has 0 bridgehead atoms. The lowest BCUT2D eigenvalue weighted by Crippen LogP contribution is -2.03. The molecule has 0 N–H and O–H groups in total. The zero-order chi connectivity index (χ0) is 13.9. The van der Waals surface area contributed by atoms with Gasteiger partial charge in [0.2, 0.25) is 0 Å². The average Bonchev–Trinajstić information content (AvgIpc) is 2.54. The van der Waals surface area contributed by atoms with Gasteiger partial charge in [0, 0.05) is 18.0 Å². The van der Waals surface area contributed by atoms with Gasteiger partial charge in [-0.3, -0.25) is 14.8 Å². The highest BCUT2D eigenvalue weighted by atomic mass is 16.1. The zero-order valence-corrected chi connectivity index (χ0v) is 11.2. The fourth-order valence-corrected chi connectivity index (χ4v) is 2.22. The molecule has 0 aliphatic carbocycles. The number of ketones is 1. The second-order valence-electron chi connectivity index (χ2n) is 4.61. The molecule has 3 nitrogen and oxygen atoms in total. The summed E-state index contributed by atoms with van der Waals surface area (Å²) in [5, 5.41) is 0. The Labute approximate surface area is 117 Å². The summed E-state index contributed by atoms with van der Waals surface area (Å²) in [6.45, 7) is 2.09. The van der Waals surface area contributed by atoms with Crippen LogP contribution in [0.5, 0.6) is 0 Å². The van der Waals surface area contributed by atoms with Crippen molar-refractivity contribution in [1.29, 1.82) is 0 Å². The molecular weight excluding hydrogens is 248 g/mol. The third-order valence-corrected chi connectivity index (χ3v) is 3.37. The number of carbonyl (C=O) groups excluding carboxylic acids is 1. The van der Waals surface area contributed by atoms with E-state index >= 15 is 0 Å². The number of fused-ring (bicyclic) bond motifs is 1. The van der Waals surface area contributed by atoms with E-state index in [9.17, 15) is 4.79 Å². The highest BCUT2D eigenvalue weighted by Gasteiger charge is 2.13. The van der Waals surface area contributed by atoms with E-state index < -0.39 is 0 Å². The van der Waals surface area contributed by atoms with E-state index in [1.807, 2.05) is 36.4 Å². The summed E-state index contributed by atoms with van der Waals surface area (Å²) in [7, 11) is 0. The predicted octanol–water partition coefficient (Wildman–Crippen LogP) is 3.42. The highest BCUT2D eigenvalue weighted by Crippen LogP contribution is 2.18. The Hall–Kier alpha value is -2.55. The number of hydrogen-bond donors (Lipinski definition) is 0. The Kier molecular flexibility index (Phi) is 3.25. The topological polar surface area (TPSA) is 42.9 Å². The molecular formula is C17H14N2O. The van der Waals surface area contributed by atoms with Crippen molar-refractivity contribution in [2.24, 2.45) is 0 Å². The van der Waals surface area contributed by atoms with Crippen molar-refractivity contribution in [2.75, 3.05) is 0 Å². The van der Waals surface area contributed by atoms with Crippen LogP contribution >= 0.6 is 0 Å². The minimum Gasteiger partial charge on any atom is -0.289 e. The number of hydrogen-bond acceptors (Lipinski definition) is 3. The van der Waals surface area contributed by atoms with Gasteiger partial charge in [0.05, 0.1) is 16.6 Å². The second kappa shape index (κ2) is 5.21. The van der Waals surface area contributed by atoms with Gasteiger partial charge in [-0.25, -0.2) is 0 Å². The lowest BCUT2D eigenvalue weighted by molar-refractivity contribution is 0.104. The van der Waals surface area contributed by atoms with Crippen LogP contribution in [0.25, 0.3) is 11.0 Å². The Morgan fingerprint density at radius 3 is 2.50 bits per heavy atom. The van der Waals surface area contributed by atoms with Crippen molar-refractivity contribution < 1.29 is 4.79 Å². The van der Waals surface area contributed by atoms with Crippen molar-refractivity contribution in [2.45, 2.75) is 13.3 Å². The monoisotopic (exact) mass is 262 g/mol. The summed E-state index contributed by atoms with van der Waals surface area (Å²) < 4.78 is 0. The van der Waals surface area contributed by atoms with E-state index in [1.54, 1.807) is 18.5 Å². The van der Waals surface area contributed by atoms with Gasteiger partial charge < -0.3 is 0 Å². The molecule has 0 aliphatic heterocycles. The average molecular weight is 262 g/mol. The van der Waals surface area contributed by atoms with Gasteiger partial charge in [-0.15, -0.1) is 0 Å². The molecule has 0 amide bonds. The van der Waals surface area contributed by atoms with Gasteiger partial charge in [-0.1, -0.05) is 37.3 Å². The molecule has 98 valence electrons. The lowest BCUT2D eigenvalue weighted by atomic mass is 10.0. The number of rotatable bonds is 3. The molecule has 3 rings (SSSR count). The third kappa shape index (κ3) is 2.18. The van der Waals surface area contributed by atoms with E-state index in [4.69, 9.17) is 0 Å². The number of nitrogens with zero attached hydrogens (tertiary/aromatic N) is 2. The van der Waals surface area contributed by atoms with Gasteiger partial charge in [-0.2, -0.15) is 0 Å². The Bertz CT molecular complexity index is 758. The van der Waals surface area contributed by atoms with Gasteiger partial charge in [0.15, 0.2) is 5.78 Å². The summed E-state index contributed by atoms with van der Waals surface area (Å²) in [4.78, 5) is 21.1. The number of carbonyl (C=O) groups is 1. The molecule has 20 heavy (non-hydrogen) atoms. The minimum absolute atomic E-state index is 0.0150. The van der Waals surface area contributed by atoms with E-state index in [0.29, 0.717) is 16.6 Å². The molecule has 0 saturated heterocycles. The van der Waals surface area contributed by atoms with Crippen LogP contribution in [0.3, 0.4) is 0 Å². The molecule has 3 heteroatoms. The van der Waals surface area contributed by atoms with Gasteiger partial charge in [-0.05, 0) is 24.1 Å². The molecule has 0 radical (unpaired) electrons. The summed E-state index contributed by atoms with van der Waals surface area (Å²) in [5.74, 6) is -0.0150. The molecule has 2 aromatic carbocycles. The number of benzene rings is 2. The van der Waals surface area contributed by atoms with Crippen LogP contribution in [0.15, 0.2) is 54.9 Å². The van der Waals surface area contributed by atoms with Crippen molar-refractivity contribution in [3.8, 4) is 0 Å². The maximum Gasteiger partial charge on any atom is 0.195 e. The van der Waals surface area contributed by atoms with Crippen molar-refractivity contribution >= 4 is 16.8 Å². The summed E-state index contributed by atoms with van der Waals surface area (Å²) in [6.07, 6.45) is 4.21. The standard InChI is InChI=1S/C17H14N2O/c1-2-12-6-8-13(9-7-12)17(20)14-4-3-5-15-16(14)19-11-10-18-15/h3-11H,2H2,1H3. The van der Waals surface area contributed by atoms with Crippen LogP contribution in [0, 0.1) is 0 Å². The van der Waals surface area contributed by atoms with Crippen molar-refractivity contribution in [3.63, 3.8) is 0 Å². The molecule has 1 aromatic heterocycles. The molecule has 0 fully saturated rings. The second-order valence-corrected chi connectivity index (χ2v) is 4.61. The quantitative estimate of drug-likeness (QED) is 0.679. The normalized spacial score (nSPS) is 10.7. The largest absolute Gasteiger partial charge is 0.289 e. The first-order valence-corrected chi connectivity index (χ1v) is 6.63. The summed E-state index contributed by atoms with van der Waals surface area (Å²) >= 11 is 0. The van der Waals surface area contributed by atoms with E-state index in [1.165, 1.54) is 5.56 Å². The zero-order valence-electron chi connectivity index (χ0n) is 11.2. The van der Waals surface area contributed by atoms with Gasteiger partial charge in [0.1, 0.15) is 0 Å². The van der Waals surface area contributed by atoms with Crippen LogP contribution in [0.2, 0.25) is 0 Å². The van der Waals surface area contributed by atoms with Crippen LogP contribution < -0.4 is 0 Å². The number of aryl methyl sites for hydroxylation is 1. The molecule has 0 aliphatic rings. The molecule has 0 atom stereocenters. The van der Waals surface area contributed by atoms with E-state index in [0.717, 1.165) is 11.9 Å². The molecule has 0 spiro atoms. The lowest BCUT2D eigenvalue weighted by Gasteiger charge is -2.05. The Morgan fingerprint density at radius 2 is 1.75 bits per heavy atom. The Balaban J connectivity index is 2.07. The molecule has 1 heterocycles.